The SMILES string of the molecule is N#Cc1c(-c2ccccc2)c(N2C3=C(CCC=C3)C3C=CC=CC32)c(-n2c3ccc(-c4ccccc4)cc3c3cc(C4C=CC=CC4)ccc32)c(-n2c3c(c4c2C=CCC4)CCC=C3)c1-c1ccccc1. The molecule has 3 atom stereocenters. The quantitative estimate of drug-likeness (QED) is 0.160. The molecule has 0 bridgehead atoms. The number of fused-ring (bicyclic) bond motifs is 8. The highest BCUT2D eigenvalue weighted by molar-refractivity contribution is 6.13. The van der Waals surface area contributed by atoms with Crippen molar-refractivity contribution in [1.29, 1.82) is 5.26 Å². The van der Waals surface area contributed by atoms with Gasteiger partial charge in [-0.2, -0.15) is 5.26 Å². The van der Waals surface area contributed by atoms with E-state index < -0.39 is 0 Å². The Bertz CT molecular complexity index is 3760. The summed E-state index contributed by atoms with van der Waals surface area (Å²) in [6, 6.07) is 49.8. The third-order valence-electron chi connectivity index (χ3n) is 16.0. The molecule has 6 aliphatic rings. The lowest BCUT2D eigenvalue weighted by Gasteiger charge is -2.37. The summed E-state index contributed by atoms with van der Waals surface area (Å²) in [5, 5.41) is 14.7. The predicted molar refractivity (Wildman–Crippen MR) is 295 cm³/mol. The summed E-state index contributed by atoms with van der Waals surface area (Å²) < 4.78 is 5.21. The molecule has 6 aromatic carbocycles. The molecule has 2 aromatic heterocycles. The van der Waals surface area contributed by atoms with Gasteiger partial charge in [0.25, 0.3) is 0 Å². The topological polar surface area (TPSA) is 36.9 Å². The molecule has 0 N–H and O–H groups in total. The third-order valence-corrected chi connectivity index (χ3v) is 16.0. The maximum absolute atomic E-state index is 12.2. The van der Waals surface area contributed by atoms with Crippen LogP contribution in [0.3, 0.4) is 0 Å². The van der Waals surface area contributed by atoms with Crippen molar-refractivity contribution in [1.82, 2.24) is 9.13 Å². The van der Waals surface area contributed by atoms with E-state index in [2.05, 4.69) is 233 Å². The average Bonchev–Trinajstić information content (AvgIpc) is 4.08. The van der Waals surface area contributed by atoms with Crippen LogP contribution < -0.4 is 4.90 Å². The predicted octanol–water partition coefficient (Wildman–Crippen LogP) is 16.5. The molecular formula is C67H52N4. The first-order valence-electron chi connectivity index (χ1n) is 25.6. The number of benzene rings is 6. The second-order valence-corrected chi connectivity index (χ2v) is 19.8. The lowest BCUT2D eigenvalue weighted by atomic mass is 9.85. The van der Waals surface area contributed by atoms with Crippen molar-refractivity contribution in [3.05, 3.63) is 245 Å². The van der Waals surface area contributed by atoms with E-state index in [4.69, 9.17) is 0 Å². The van der Waals surface area contributed by atoms with Crippen molar-refractivity contribution < 1.29 is 0 Å². The van der Waals surface area contributed by atoms with Crippen molar-refractivity contribution >= 4 is 39.6 Å². The smallest absolute Gasteiger partial charge is 0.101 e. The zero-order valence-corrected chi connectivity index (χ0v) is 39.7. The Morgan fingerprint density at radius 2 is 1.10 bits per heavy atom. The molecule has 340 valence electrons. The van der Waals surface area contributed by atoms with Crippen LogP contribution in [0.5, 0.6) is 0 Å². The van der Waals surface area contributed by atoms with Crippen molar-refractivity contribution in [3.63, 3.8) is 0 Å². The van der Waals surface area contributed by atoms with E-state index in [9.17, 15) is 5.26 Å². The van der Waals surface area contributed by atoms with Crippen LogP contribution in [-0.2, 0) is 12.8 Å². The molecule has 71 heavy (non-hydrogen) atoms. The fraction of sp³-hybridized carbons (Fsp3) is 0.149. The van der Waals surface area contributed by atoms with Gasteiger partial charge in [-0.05, 0) is 132 Å². The summed E-state index contributed by atoms with van der Waals surface area (Å²) in [5.41, 5.74) is 21.7. The molecule has 0 amide bonds. The summed E-state index contributed by atoms with van der Waals surface area (Å²) in [7, 11) is 0. The fourth-order valence-corrected chi connectivity index (χ4v) is 12.9. The number of rotatable bonds is 7. The Morgan fingerprint density at radius 1 is 0.493 bits per heavy atom. The maximum atomic E-state index is 12.2. The molecule has 4 nitrogen and oxygen atoms in total. The summed E-state index contributed by atoms with van der Waals surface area (Å²) in [4.78, 5) is 2.66. The molecule has 0 radical (unpaired) electrons. The first-order chi connectivity index (χ1) is 35.2. The number of nitriles is 1. The van der Waals surface area contributed by atoms with Crippen LogP contribution in [0.15, 0.2) is 212 Å². The zero-order chi connectivity index (χ0) is 47.0. The van der Waals surface area contributed by atoms with Crippen LogP contribution >= 0.6 is 0 Å². The van der Waals surface area contributed by atoms with Crippen molar-refractivity contribution in [2.75, 3.05) is 4.90 Å². The molecule has 5 aliphatic carbocycles. The van der Waals surface area contributed by atoms with Gasteiger partial charge in [0.1, 0.15) is 6.07 Å². The van der Waals surface area contributed by atoms with Gasteiger partial charge in [0.05, 0.1) is 39.7 Å². The van der Waals surface area contributed by atoms with E-state index in [1.807, 2.05) is 0 Å². The fourth-order valence-electron chi connectivity index (χ4n) is 12.9. The van der Waals surface area contributed by atoms with E-state index in [0.29, 0.717) is 5.56 Å². The van der Waals surface area contributed by atoms with E-state index >= 15 is 0 Å². The molecule has 0 fully saturated rings. The Morgan fingerprint density at radius 3 is 1.77 bits per heavy atom. The van der Waals surface area contributed by atoms with E-state index in [-0.39, 0.29) is 17.9 Å². The van der Waals surface area contributed by atoms with Gasteiger partial charge in [-0.15, -0.1) is 0 Å². The number of aromatic nitrogens is 2. The van der Waals surface area contributed by atoms with Crippen LogP contribution in [0.2, 0.25) is 0 Å². The molecule has 3 unspecified atom stereocenters. The molecular weight excluding hydrogens is 861 g/mol. The highest BCUT2D eigenvalue weighted by Crippen LogP contribution is 2.56. The van der Waals surface area contributed by atoms with E-state index in [0.717, 1.165) is 95.3 Å². The molecule has 0 saturated carbocycles. The monoisotopic (exact) mass is 912 g/mol. The molecule has 1 aliphatic heterocycles. The highest BCUT2D eigenvalue weighted by Gasteiger charge is 2.44. The standard InChI is InChI=1S/C67H52N4/c68-43-56-63(46-25-9-3-10-26-46)65(69-57-33-17-13-29-50(57)51-30-14-18-34-58(51)69)67(66(64(56)47-27-11-4-12-28-47)70-59-35-19-15-31-52(59)53-32-16-20-36-60(53)70)71-61-39-37-48(44-21-5-1-6-22-44)41-54(61)55-42-49(38-40-62(55)71)45-23-7-2-8-24-45/h1-13,17-23,25-29,33-42,45,50,57H,14-16,24,30-32H2. The lowest BCUT2D eigenvalue weighted by Crippen LogP contribution is -2.34. The Kier molecular flexibility index (Phi) is 9.91. The first-order valence-corrected chi connectivity index (χ1v) is 25.6. The molecule has 4 heteroatoms. The van der Waals surface area contributed by atoms with Crippen LogP contribution in [0.1, 0.15) is 71.7 Å². The largest absolute Gasteiger partial charge is 0.331 e. The first kappa shape index (κ1) is 41.6. The molecule has 3 heterocycles. The van der Waals surface area contributed by atoms with Gasteiger partial charge in [0.2, 0.25) is 0 Å². The van der Waals surface area contributed by atoms with Crippen LogP contribution in [0, 0.1) is 17.2 Å². The van der Waals surface area contributed by atoms with Gasteiger partial charge in [-0.3, -0.25) is 0 Å². The summed E-state index contributed by atoms with van der Waals surface area (Å²) in [6.07, 6.45) is 39.5. The van der Waals surface area contributed by atoms with Crippen molar-refractivity contribution in [3.8, 4) is 50.8 Å². The molecule has 0 spiro atoms. The summed E-state index contributed by atoms with van der Waals surface area (Å²) in [5.74, 6) is 0.479. The second kappa shape index (κ2) is 16.9. The number of hydrogen-bond donors (Lipinski definition) is 0. The number of allylic oxidation sites excluding steroid dienone is 10. The number of hydrogen-bond acceptors (Lipinski definition) is 2. The van der Waals surface area contributed by atoms with Crippen molar-refractivity contribution in [2.45, 2.75) is 56.9 Å². The van der Waals surface area contributed by atoms with E-state index in [1.165, 1.54) is 61.2 Å². The number of anilines is 1. The molecule has 8 aromatic rings. The highest BCUT2D eigenvalue weighted by atomic mass is 15.2. The third kappa shape index (κ3) is 6.49. The lowest BCUT2D eigenvalue weighted by molar-refractivity contribution is 0.658. The van der Waals surface area contributed by atoms with Crippen LogP contribution in [0.4, 0.5) is 5.69 Å². The minimum absolute atomic E-state index is 0.00117. The van der Waals surface area contributed by atoms with Crippen molar-refractivity contribution in [2.24, 2.45) is 5.92 Å². The maximum Gasteiger partial charge on any atom is 0.101 e. The minimum Gasteiger partial charge on any atom is -0.331 e. The average molecular weight is 913 g/mol. The normalized spacial score (nSPS) is 19.4. The summed E-state index contributed by atoms with van der Waals surface area (Å²) in [6.45, 7) is 0. The Labute approximate surface area is 415 Å². The second-order valence-electron chi connectivity index (χ2n) is 19.8. The number of nitrogens with zero attached hydrogens (tertiary/aromatic N) is 4. The van der Waals surface area contributed by atoms with Gasteiger partial charge in [-0.1, -0.05) is 170 Å². The van der Waals surface area contributed by atoms with Gasteiger partial charge in [0, 0.05) is 50.8 Å². The van der Waals surface area contributed by atoms with Crippen LogP contribution in [-0.4, -0.2) is 15.2 Å². The Balaban J connectivity index is 1.24. The minimum atomic E-state index is -0.00117. The summed E-state index contributed by atoms with van der Waals surface area (Å²) >= 11 is 0. The van der Waals surface area contributed by atoms with Gasteiger partial charge < -0.3 is 14.0 Å². The zero-order valence-electron chi connectivity index (χ0n) is 39.7. The van der Waals surface area contributed by atoms with Gasteiger partial charge in [-0.25, -0.2) is 0 Å². The van der Waals surface area contributed by atoms with Gasteiger partial charge >= 0.3 is 0 Å². The molecule has 14 rings (SSSR count). The van der Waals surface area contributed by atoms with Crippen LogP contribution in [0.25, 0.3) is 78.7 Å². The van der Waals surface area contributed by atoms with Gasteiger partial charge in [0.15, 0.2) is 0 Å². The molecule has 0 saturated heterocycles. The Hall–Kier alpha value is -8.39. The van der Waals surface area contributed by atoms with E-state index in [1.54, 1.807) is 0 Å².